The van der Waals surface area contributed by atoms with Crippen molar-refractivity contribution in [1.82, 2.24) is 5.43 Å². The number of hydrogen-bond donors (Lipinski definition) is 1. The molecule has 1 amide bonds. The van der Waals surface area contributed by atoms with Gasteiger partial charge in [0.2, 0.25) is 0 Å². The maximum atomic E-state index is 12.3. The van der Waals surface area contributed by atoms with Crippen LogP contribution in [0.3, 0.4) is 0 Å². The van der Waals surface area contributed by atoms with Crippen LogP contribution >= 0.6 is 11.3 Å². The molecule has 0 spiro atoms. The minimum atomic E-state index is -0.234. The fourth-order valence-electron chi connectivity index (χ4n) is 2.93. The second-order valence-electron chi connectivity index (χ2n) is 6.53. The highest BCUT2D eigenvalue weighted by molar-refractivity contribution is 7.20. The zero-order valence-corrected chi connectivity index (χ0v) is 17.2. The predicted molar refractivity (Wildman–Crippen MR) is 121 cm³/mol. The Bertz CT molecular complexity index is 1150. The summed E-state index contributed by atoms with van der Waals surface area (Å²) in [6.45, 7) is 0.454. The molecule has 5 nitrogen and oxygen atoms in total. The van der Waals surface area contributed by atoms with Crippen molar-refractivity contribution in [3.8, 4) is 11.5 Å². The van der Waals surface area contributed by atoms with Crippen LogP contribution in [0, 0.1) is 0 Å². The van der Waals surface area contributed by atoms with Crippen molar-refractivity contribution >= 4 is 33.5 Å². The molecule has 1 N–H and O–H groups in total. The molecule has 150 valence electrons. The van der Waals surface area contributed by atoms with Crippen molar-refractivity contribution in [2.75, 3.05) is 7.11 Å². The molecule has 0 atom stereocenters. The maximum absolute atomic E-state index is 12.3. The van der Waals surface area contributed by atoms with Gasteiger partial charge in [0, 0.05) is 4.70 Å². The SMILES string of the molecule is COc1cc(/C=N/NC(=O)c2cc3ccccc3s2)ccc1OCc1ccccc1. The Labute approximate surface area is 178 Å². The number of carbonyl (C=O) groups is 1. The van der Waals surface area contributed by atoms with Crippen LogP contribution in [-0.4, -0.2) is 19.2 Å². The fraction of sp³-hybridized carbons (Fsp3) is 0.0833. The topological polar surface area (TPSA) is 59.9 Å². The van der Waals surface area contributed by atoms with Crippen LogP contribution in [-0.2, 0) is 6.61 Å². The lowest BCUT2D eigenvalue weighted by molar-refractivity contribution is 0.0959. The van der Waals surface area contributed by atoms with E-state index in [9.17, 15) is 4.79 Å². The fourth-order valence-corrected chi connectivity index (χ4v) is 3.89. The number of fused-ring (bicyclic) bond motifs is 1. The zero-order valence-electron chi connectivity index (χ0n) is 16.4. The standard InChI is InChI=1S/C24H20N2O3S/c1-28-21-13-18(11-12-20(21)29-16-17-7-3-2-4-8-17)15-25-26-24(27)23-14-19-9-5-6-10-22(19)30-23/h2-15H,16H2,1H3,(H,26,27)/b25-15+. The molecular formula is C24H20N2O3S. The predicted octanol–water partition coefficient (Wildman–Crippen LogP) is 5.25. The Morgan fingerprint density at radius 1 is 1.00 bits per heavy atom. The lowest BCUT2D eigenvalue weighted by atomic mass is 10.2. The first-order chi connectivity index (χ1) is 14.7. The van der Waals surface area contributed by atoms with Crippen LogP contribution in [0.4, 0.5) is 0 Å². The van der Waals surface area contributed by atoms with Gasteiger partial charge in [0.25, 0.3) is 5.91 Å². The van der Waals surface area contributed by atoms with Crippen molar-refractivity contribution in [3.63, 3.8) is 0 Å². The minimum absolute atomic E-state index is 0.234. The third kappa shape index (κ3) is 4.67. The molecule has 1 aromatic heterocycles. The van der Waals surface area contributed by atoms with Crippen LogP contribution < -0.4 is 14.9 Å². The van der Waals surface area contributed by atoms with Crippen molar-refractivity contribution in [2.24, 2.45) is 5.10 Å². The van der Waals surface area contributed by atoms with Crippen LogP contribution in [0.25, 0.3) is 10.1 Å². The van der Waals surface area contributed by atoms with Gasteiger partial charge in [-0.25, -0.2) is 5.43 Å². The molecule has 4 rings (SSSR count). The molecule has 0 aliphatic rings. The molecule has 0 fully saturated rings. The van der Waals surface area contributed by atoms with E-state index in [1.54, 1.807) is 13.3 Å². The molecular weight excluding hydrogens is 396 g/mol. The van der Waals surface area contributed by atoms with E-state index < -0.39 is 0 Å². The number of amides is 1. The first-order valence-electron chi connectivity index (χ1n) is 9.39. The summed E-state index contributed by atoms with van der Waals surface area (Å²) >= 11 is 1.44. The van der Waals surface area contributed by atoms with Gasteiger partial charge in [-0.1, -0.05) is 48.5 Å². The van der Waals surface area contributed by atoms with Crippen molar-refractivity contribution in [2.45, 2.75) is 6.61 Å². The molecule has 0 aliphatic heterocycles. The van der Waals surface area contributed by atoms with Gasteiger partial charge in [0.1, 0.15) is 6.61 Å². The third-order valence-corrected chi connectivity index (χ3v) is 5.57. The molecule has 0 bridgehead atoms. The molecule has 0 saturated heterocycles. The summed E-state index contributed by atoms with van der Waals surface area (Å²) in [4.78, 5) is 13.0. The molecule has 4 aromatic rings. The van der Waals surface area contributed by atoms with E-state index in [-0.39, 0.29) is 5.91 Å². The van der Waals surface area contributed by atoms with E-state index >= 15 is 0 Å². The van der Waals surface area contributed by atoms with E-state index in [0.29, 0.717) is 23.0 Å². The number of methoxy groups -OCH3 is 1. The second kappa shape index (κ2) is 9.24. The first-order valence-corrected chi connectivity index (χ1v) is 10.2. The van der Waals surface area contributed by atoms with Gasteiger partial charge >= 0.3 is 0 Å². The minimum Gasteiger partial charge on any atom is -0.493 e. The number of nitrogens with one attached hydrogen (secondary N) is 1. The second-order valence-corrected chi connectivity index (χ2v) is 7.62. The zero-order chi connectivity index (χ0) is 20.8. The number of nitrogens with zero attached hydrogens (tertiary/aromatic N) is 1. The summed E-state index contributed by atoms with van der Waals surface area (Å²) in [6, 6.07) is 25.2. The molecule has 0 saturated carbocycles. The Morgan fingerprint density at radius 3 is 2.60 bits per heavy atom. The lowest BCUT2D eigenvalue weighted by Crippen LogP contribution is -2.16. The highest BCUT2D eigenvalue weighted by Crippen LogP contribution is 2.28. The van der Waals surface area contributed by atoms with Gasteiger partial charge in [-0.2, -0.15) is 5.10 Å². The van der Waals surface area contributed by atoms with Crippen LogP contribution in [0.5, 0.6) is 11.5 Å². The van der Waals surface area contributed by atoms with E-state index in [1.807, 2.05) is 78.9 Å². The average molecular weight is 417 g/mol. The quantitative estimate of drug-likeness (QED) is 0.331. The Kier molecular flexibility index (Phi) is 6.06. The molecule has 3 aromatic carbocycles. The monoisotopic (exact) mass is 416 g/mol. The number of rotatable bonds is 7. The number of hydrogen-bond acceptors (Lipinski definition) is 5. The Balaban J connectivity index is 1.39. The lowest BCUT2D eigenvalue weighted by Gasteiger charge is -2.11. The molecule has 0 unspecified atom stereocenters. The summed E-state index contributed by atoms with van der Waals surface area (Å²) < 4.78 is 12.4. The van der Waals surface area contributed by atoms with Gasteiger partial charge in [0.15, 0.2) is 11.5 Å². The van der Waals surface area contributed by atoms with E-state index in [1.165, 1.54) is 11.3 Å². The molecule has 0 radical (unpaired) electrons. The van der Waals surface area contributed by atoms with E-state index in [0.717, 1.165) is 21.2 Å². The third-order valence-electron chi connectivity index (χ3n) is 4.45. The van der Waals surface area contributed by atoms with Crippen LogP contribution in [0.15, 0.2) is 84.0 Å². The van der Waals surface area contributed by atoms with Crippen LogP contribution in [0.1, 0.15) is 20.8 Å². The summed E-state index contributed by atoms with van der Waals surface area (Å²) in [7, 11) is 1.59. The van der Waals surface area contributed by atoms with E-state index in [4.69, 9.17) is 9.47 Å². The van der Waals surface area contributed by atoms with Gasteiger partial charge in [-0.15, -0.1) is 11.3 Å². The van der Waals surface area contributed by atoms with E-state index in [2.05, 4.69) is 10.5 Å². The molecule has 0 aliphatic carbocycles. The largest absolute Gasteiger partial charge is 0.493 e. The van der Waals surface area contributed by atoms with Crippen molar-refractivity contribution in [1.29, 1.82) is 0 Å². The normalized spacial score (nSPS) is 11.0. The molecule has 6 heteroatoms. The highest BCUT2D eigenvalue weighted by Gasteiger charge is 2.09. The summed E-state index contributed by atoms with van der Waals surface area (Å²) in [5, 5.41) is 5.12. The van der Waals surface area contributed by atoms with Gasteiger partial charge in [-0.3, -0.25) is 4.79 Å². The number of thiophene rings is 1. The van der Waals surface area contributed by atoms with Crippen molar-refractivity contribution < 1.29 is 14.3 Å². The van der Waals surface area contributed by atoms with Gasteiger partial charge < -0.3 is 9.47 Å². The first kappa shape index (κ1) is 19.7. The number of hydrazone groups is 1. The molecule has 30 heavy (non-hydrogen) atoms. The van der Waals surface area contributed by atoms with Gasteiger partial charge in [0.05, 0.1) is 18.2 Å². The summed E-state index contributed by atoms with van der Waals surface area (Å²) in [5.41, 5.74) is 4.44. The number of carbonyl (C=O) groups excluding carboxylic acids is 1. The smallest absolute Gasteiger partial charge is 0.281 e. The average Bonchev–Trinajstić information content (AvgIpc) is 3.23. The Morgan fingerprint density at radius 2 is 1.80 bits per heavy atom. The molecule has 1 heterocycles. The van der Waals surface area contributed by atoms with Crippen LogP contribution in [0.2, 0.25) is 0 Å². The van der Waals surface area contributed by atoms with Crippen molar-refractivity contribution in [3.05, 3.63) is 94.9 Å². The highest BCUT2D eigenvalue weighted by atomic mass is 32.1. The summed E-state index contributed by atoms with van der Waals surface area (Å²) in [5.74, 6) is 1.01. The Hall–Kier alpha value is -3.64. The summed E-state index contributed by atoms with van der Waals surface area (Å²) in [6.07, 6.45) is 1.58. The maximum Gasteiger partial charge on any atom is 0.281 e. The van der Waals surface area contributed by atoms with Gasteiger partial charge in [-0.05, 0) is 46.8 Å². The number of benzene rings is 3. The number of ether oxygens (including phenoxy) is 2.